The lowest BCUT2D eigenvalue weighted by atomic mass is 10.3. The Morgan fingerprint density at radius 3 is 2.12 bits per heavy atom. The Labute approximate surface area is 92.0 Å². The zero-order valence-electron chi connectivity index (χ0n) is 8.12. The van der Waals surface area contributed by atoms with E-state index in [1.807, 2.05) is 0 Å². The summed E-state index contributed by atoms with van der Waals surface area (Å²) in [6.45, 7) is 0. The van der Waals surface area contributed by atoms with Gasteiger partial charge in [0.2, 0.25) is 11.6 Å². The molecular formula is C10H4F4N2O. The Kier molecular flexibility index (Phi) is 2.66. The van der Waals surface area contributed by atoms with Gasteiger partial charge in [-0.1, -0.05) is 6.07 Å². The number of hydrogen-bond acceptors (Lipinski definition) is 2. The summed E-state index contributed by atoms with van der Waals surface area (Å²) in [5, 5.41) is 0. The molecule has 0 saturated carbocycles. The molecule has 0 aromatic carbocycles. The van der Waals surface area contributed by atoms with Crippen molar-refractivity contribution in [3.63, 3.8) is 0 Å². The molecule has 7 heteroatoms. The fraction of sp³-hybridized carbons (Fsp3) is 0. The van der Waals surface area contributed by atoms with Crippen molar-refractivity contribution in [2.45, 2.75) is 0 Å². The molecular weight excluding hydrogens is 240 g/mol. The SMILES string of the molecule is O=c1ccccn1-c1c(F)c(F)nc(F)c1F. The van der Waals surface area contributed by atoms with E-state index in [0.717, 1.165) is 12.3 Å². The monoisotopic (exact) mass is 244 g/mol. The molecule has 0 N–H and O–H groups in total. The molecule has 3 nitrogen and oxygen atoms in total. The van der Waals surface area contributed by atoms with Crippen LogP contribution in [-0.4, -0.2) is 9.55 Å². The van der Waals surface area contributed by atoms with Gasteiger partial charge in [-0.25, -0.2) is 0 Å². The normalized spacial score (nSPS) is 10.6. The van der Waals surface area contributed by atoms with Crippen LogP contribution in [0.4, 0.5) is 17.6 Å². The minimum Gasteiger partial charge on any atom is -0.278 e. The van der Waals surface area contributed by atoms with Gasteiger partial charge in [-0.15, -0.1) is 0 Å². The minimum absolute atomic E-state index is 0.457. The van der Waals surface area contributed by atoms with E-state index < -0.39 is 34.8 Å². The summed E-state index contributed by atoms with van der Waals surface area (Å²) in [6.07, 6.45) is 0.989. The van der Waals surface area contributed by atoms with Gasteiger partial charge in [0.15, 0.2) is 0 Å². The lowest BCUT2D eigenvalue weighted by Gasteiger charge is -2.08. The van der Waals surface area contributed by atoms with E-state index in [1.54, 1.807) is 0 Å². The van der Waals surface area contributed by atoms with Gasteiger partial charge in [-0.3, -0.25) is 9.36 Å². The molecule has 2 aromatic rings. The van der Waals surface area contributed by atoms with Gasteiger partial charge in [0.25, 0.3) is 17.5 Å². The van der Waals surface area contributed by atoms with Crippen LogP contribution < -0.4 is 5.56 Å². The Balaban J connectivity index is 2.85. The molecule has 0 fully saturated rings. The summed E-state index contributed by atoms with van der Waals surface area (Å²) in [4.78, 5) is 13.7. The lowest BCUT2D eigenvalue weighted by molar-refractivity contribution is 0.402. The van der Waals surface area contributed by atoms with Crippen LogP contribution in [-0.2, 0) is 0 Å². The molecule has 2 heterocycles. The first kappa shape index (κ1) is 11.3. The van der Waals surface area contributed by atoms with E-state index in [1.165, 1.54) is 12.1 Å². The largest absolute Gasteiger partial charge is 0.278 e. The first-order valence-corrected chi connectivity index (χ1v) is 4.40. The van der Waals surface area contributed by atoms with E-state index in [9.17, 15) is 22.4 Å². The van der Waals surface area contributed by atoms with Gasteiger partial charge in [-0.05, 0) is 6.07 Å². The number of rotatable bonds is 1. The third kappa shape index (κ3) is 1.79. The molecule has 0 bridgehead atoms. The zero-order valence-corrected chi connectivity index (χ0v) is 8.12. The first-order chi connectivity index (χ1) is 8.02. The number of hydrogen-bond donors (Lipinski definition) is 0. The van der Waals surface area contributed by atoms with Crippen LogP contribution in [0.5, 0.6) is 0 Å². The van der Waals surface area contributed by atoms with Gasteiger partial charge in [0, 0.05) is 12.3 Å². The number of aromatic nitrogens is 2. The molecule has 0 radical (unpaired) electrons. The Hall–Kier alpha value is -2.18. The zero-order chi connectivity index (χ0) is 12.6. The van der Waals surface area contributed by atoms with Crippen LogP contribution in [0, 0.1) is 23.5 Å². The van der Waals surface area contributed by atoms with Gasteiger partial charge >= 0.3 is 0 Å². The molecule has 2 rings (SSSR count). The van der Waals surface area contributed by atoms with Crippen molar-refractivity contribution in [3.05, 3.63) is 58.3 Å². The van der Waals surface area contributed by atoms with E-state index in [4.69, 9.17) is 0 Å². The van der Waals surface area contributed by atoms with Crippen molar-refractivity contribution < 1.29 is 17.6 Å². The molecule has 0 aliphatic heterocycles. The predicted octanol–water partition coefficient (Wildman–Crippen LogP) is 1.79. The van der Waals surface area contributed by atoms with Crippen LogP contribution in [0.1, 0.15) is 0 Å². The van der Waals surface area contributed by atoms with E-state index >= 15 is 0 Å². The van der Waals surface area contributed by atoms with Gasteiger partial charge in [0.1, 0.15) is 5.69 Å². The Morgan fingerprint density at radius 1 is 1.00 bits per heavy atom. The van der Waals surface area contributed by atoms with Crippen LogP contribution in [0.3, 0.4) is 0 Å². The quantitative estimate of drug-likeness (QED) is 0.566. The summed E-state index contributed by atoms with van der Waals surface area (Å²) < 4.78 is 52.7. The Bertz CT molecular complexity index is 612. The predicted molar refractivity (Wildman–Crippen MR) is 49.7 cm³/mol. The van der Waals surface area contributed by atoms with Crippen molar-refractivity contribution in [1.82, 2.24) is 9.55 Å². The van der Waals surface area contributed by atoms with Crippen molar-refractivity contribution in [1.29, 1.82) is 0 Å². The maximum atomic E-state index is 13.3. The fourth-order valence-corrected chi connectivity index (χ4v) is 1.30. The summed E-state index contributed by atoms with van der Waals surface area (Å²) in [6, 6.07) is 3.61. The maximum absolute atomic E-state index is 13.3. The number of pyridine rings is 2. The molecule has 0 amide bonds. The van der Waals surface area contributed by atoms with E-state index in [2.05, 4.69) is 4.98 Å². The third-order valence-electron chi connectivity index (χ3n) is 2.04. The second-order valence-electron chi connectivity index (χ2n) is 3.08. The molecule has 0 spiro atoms. The standard InChI is InChI=1S/C10H4F4N2O/c11-6-8(7(12)10(14)15-9(6)13)16-4-2-1-3-5(16)17/h1-4H. The highest BCUT2D eigenvalue weighted by Gasteiger charge is 2.22. The summed E-state index contributed by atoms with van der Waals surface area (Å²) in [7, 11) is 0. The highest BCUT2D eigenvalue weighted by Crippen LogP contribution is 2.19. The molecule has 0 atom stereocenters. The van der Waals surface area contributed by atoms with Crippen LogP contribution >= 0.6 is 0 Å². The van der Waals surface area contributed by atoms with Crippen molar-refractivity contribution in [2.24, 2.45) is 0 Å². The van der Waals surface area contributed by atoms with E-state index in [0.29, 0.717) is 4.57 Å². The topological polar surface area (TPSA) is 34.9 Å². The van der Waals surface area contributed by atoms with Crippen LogP contribution in [0.15, 0.2) is 29.2 Å². The summed E-state index contributed by atoms with van der Waals surface area (Å²) >= 11 is 0. The van der Waals surface area contributed by atoms with Crippen molar-refractivity contribution >= 4 is 0 Å². The molecule has 2 aromatic heterocycles. The summed E-state index contributed by atoms with van der Waals surface area (Å²) in [5.41, 5.74) is -1.95. The lowest BCUT2D eigenvalue weighted by Crippen LogP contribution is -2.20. The third-order valence-corrected chi connectivity index (χ3v) is 2.04. The van der Waals surface area contributed by atoms with Crippen molar-refractivity contribution in [3.8, 4) is 5.69 Å². The minimum atomic E-state index is -1.81. The second kappa shape index (κ2) is 4.00. The smallest absolute Gasteiger partial charge is 0.255 e. The highest BCUT2D eigenvalue weighted by atomic mass is 19.2. The maximum Gasteiger partial charge on any atom is 0.255 e. The van der Waals surface area contributed by atoms with Crippen molar-refractivity contribution in [2.75, 3.05) is 0 Å². The fourth-order valence-electron chi connectivity index (χ4n) is 1.30. The molecule has 0 aliphatic rings. The van der Waals surface area contributed by atoms with Gasteiger partial charge in [-0.2, -0.15) is 22.5 Å². The van der Waals surface area contributed by atoms with Crippen LogP contribution in [0.25, 0.3) is 5.69 Å². The van der Waals surface area contributed by atoms with Gasteiger partial charge < -0.3 is 0 Å². The average molecular weight is 244 g/mol. The average Bonchev–Trinajstić information content (AvgIpc) is 2.29. The number of nitrogens with zero attached hydrogens (tertiary/aromatic N) is 2. The Morgan fingerprint density at radius 2 is 1.59 bits per heavy atom. The van der Waals surface area contributed by atoms with Crippen LogP contribution in [0.2, 0.25) is 0 Å². The molecule has 0 saturated heterocycles. The highest BCUT2D eigenvalue weighted by molar-refractivity contribution is 5.34. The molecule has 0 unspecified atom stereocenters. The number of halogens is 4. The molecule has 88 valence electrons. The van der Waals surface area contributed by atoms with Gasteiger partial charge in [0.05, 0.1) is 0 Å². The first-order valence-electron chi connectivity index (χ1n) is 4.40. The molecule has 17 heavy (non-hydrogen) atoms. The molecule has 0 aliphatic carbocycles. The van der Waals surface area contributed by atoms with E-state index in [-0.39, 0.29) is 0 Å². The summed E-state index contributed by atoms with van der Waals surface area (Å²) in [5.74, 6) is -7.07. The second-order valence-corrected chi connectivity index (χ2v) is 3.08.